The van der Waals surface area contributed by atoms with Crippen molar-refractivity contribution >= 4 is 0 Å². The third-order valence-corrected chi connectivity index (χ3v) is 2.03. The van der Waals surface area contributed by atoms with Gasteiger partial charge in [0.2, 0.25) is 0 Å². The third kappa shape index (κ3) is 9.41. The van der Waals surface area contributed by atoms with Gasteiger partial charge >= 0.3 is 0 Å². The average Bonchev–Trinajstić information content (AvgIpc) is 2.13. The van der Waals surface area contributed by atoms with Crippen molar-refractivity contribution < 1.29 is 9.84 Å². The smallest absolute Gasteiger partial charge is 0.0785 e. The molecule has 0 aromatic carbocycles. The molecule has 0 aliphatic heterocycles. The number of hydrogen-bond acceptors (Lipinski definition) is 2. The lowest BCUT2D eigenvalue weighted by molar-refractivity contribution is 0.162. The fraction of sp³-hybridized carbons (Fsp3) is 0.818. The van der Waals surface area contributed by atoms with Crippen molar-refractivity contribution in [2.45, 2.75) is 51.6 Å². The Bertz CT molecular complexity index is 121. The largest absolute Gasteiger partial charge is 0.505 e. The van der Waals surface area contributed by atoms with E-state index in [1.807, 2.05) is 6.08 Å². The molecule has 2 heteroatoms. The number of hydrogen-bond donors (Lipinski definition) is 1. The van der Waals surface area contributed by atoms with Crippen molar-refractivity contribution in [1.82, 2.24) is 0 Å². The summed E-state index contributed by atoms with van der Waals surface area (Å²) in [6.07, 6.45) is 9.81. The van der Waals surface area contributed by atoms with Gasteiger partial charge in [-0.1, -0.05) is 32.6 Å². The standard InChI is InChI=1S/C11H22O2/c1-3-4-5-6-8-11(12)9-7-10-13-2/h7,10-12H,3-6,8-9H2,1-2H3/b10-7+. The number of methoxy groups -OCH3 is 1. The van der Waals surface area contributed by atoms with Crippen LogP contribution in [-0.2, 0) is 4.74 Å². The molecule has 0 bridgehead atoms. The van der Waals surface area contributed by atoms with E-state index in [4.69, 9.17) is 4.74 Å². The molecular formula is C11H22O2. The maximum absolute atomic E-state index is 9.47. The molecule has 13 heavy (non-hydrogen) atoms. The van der Waals surface area contributed by atoms with Gasteiger partial charge in [0, 0.05) is 0 Å². The predicted octanol–water partition coefficient (Wildman–Crippen LogP) is 2.87. The maximum Gasteiger partial charge on any atom is 0.0785 e. The highest BCUT2D eigenvalue weighted by molar-refractivity contribution is 4.77. The number of rotatable bonds is 8. The van der Waals surface area contributed by atoms with Crippen LogP contribution in [0, 0.1) is 0 Å². The van der Waals surface area contributed by atoms with E-state index in [9.17, 15) is 5.11 Å². The van der Waals surface area contributed by atoms with Gasteiger partial charge in [0.1, 0.15) is 0 Å². The summed E-state index contributed by atoms with van der Waals surface area (Å²) in [5, 5.41) is 9.47. The van der Waals surface area contributed by atoms with Gasteiger partial charge in [0.15, 0.2) is 0 Å². The normalized spacial score (nSPS) is 13.5. The zero-order chi connectivity index (χ0) is 9.94. The van der Waals surface area contributed by atoms with Gasteiger partial charge in [-0.3, -0.25) is 0 Å². The van der Waals surface area contributed by atoms with Crippen LogP contribution < -0.4 is 0 Å². The molecule has 0 fully saturated rings. The van der Waals surface area contributed by atoms with Crippen LogP contribution >= 0.6 is 0 Å². The van der Waals surface area contributed by atoms with Crippen LogP contribution in [0.15, 0.2) is 12.3 Å². The first-order valence-electron chi connectivity index (χ1n) is 5.17. The molecule has 0 aromatic heterocycles. The molecule has 0 aliphatic carbocycles. The Hall–Kier alpha value is -0.500. The first-order chi connectivity index (χ1) is 6.31. The van der Waals surface area contributed by atoms with Gasteiger partial charge < -0.3 is 9.84 Å². The average molecular weight is 186 g/mol. The van der Waals surface area contributed by atoms with E-state index in [2.05, 4.69) is 6.92 Å². The number of aliphatic hydroxyl groups is 1. The van der Waals surface area contributed by atoms with E-state index in [-0.39, 0.29) is 6.10 Å². The van der Waals surface area contributed by atoms with Crippen LogP contribution in [0.2, 0.25) is 0 Å². The van der Waals surface area contributed by atoms with E-state index < -0.39 is 0 Å². The Morgan fingerprint density at radius 3 is 2.69 bits per heavy atom. The van der Waals surface area contributed by atoms with E-state index in [0.717, 1.165) is 12.8 Å². The summed E-state index contributed by atoms with van der Waals surface area (Å²) in [4.78, 5) is 0. The second-order valence-electron chi connectivity index (χ2n) is 3.35. The minimum absolute atomic E-state index is 0.191. The Labute approximate surface area is 81.6 Å². The van der Waals surface area contributed by atoms with Gasteiger partial charge in [0.05, 0.1) is 19.5 Å². The molecule has 0 aliphatic rings. The Kier molecular flexibility index (Phi) is 9.22. The van der Waals surface area contributed by atoms with Gasteiger partial charge in [-0.05, 0) is 18.9 Å². The van der Waals surface area contributed by atoms with Crippen LogP contribution in [0.4, 0.5) is 0 Å². The highest BCUT2D eigenvalue weighted by atomic mass is 16.5. The molecule has 0 saturated heterocycles. The first kappa shape index (κ1) is 12.5. The van der Waals surface area contributed by atoms with Crippen molar-refractivity contribution in [3.63, 3.8) is 0 Å². The minimum atomic E-state index is -0.191. The third-order valence-electron chi connectivity index (χ3n) is 2.03. The maximum atomic E-state index is 9.47. The molecule has 0 saturated carbocycles. The van der Waals surface area contributed by atoms with Crippen LogP contribution in [0.1, 0.15) is 45.4 Å². The van der Waals surface area contributed by atoms with Gasteiger partial charge in [-0.2, -0.15) is 0 Å². The summed E-state index contributed by atoms with van der Waals surface area (Å²) < 4.78 is 4.74. The van der Waals surface area contributed by atoms with Crippen molar-refractivity contribution in [1.29, 1.82) is 0 Å². The first-order valence-corrected chi connectivity index (χ1v) is 5.17. The number of aliphatic hydroxyl groups excluding tert-OH is 1. The lowest BCUT2D eigenvalue weighted by atomic mass is 10.1. The monoisotopic (exact) mass is 186 g/mol. The molecule has 2 nitrogen and oxygen atoms in total. The van der Waals surface area contributed by atoms with Crippen molar-refractivity contribution in [3.8, 4) is 0 Å². The molecule has 0 amide bonds. The molecule has 0 heterocycles. The zero-order valence-electron chi connectivity index (χ0n) is 8.83. The molecule has 0 rings (SSSR count). The van der Waals surface area contributed by atoms with Crippen molar-refractivity contribution in [2.24, 2.45) is 0 Å². The molecule has 0 spiro atoms. The molecule has 0 radical (unpaired) electrons. The molecule has 1 unspecified atom stereocenters. The quantitative estimate of drug-likeness (QED) is 0.466. The summed E-state index contributed by atoms with van der Waals surface area (Å²) >= 11 is 0. The van der Waals surface area contributed by atoms with Crippen molar-refractivity contribution in [2.75, 3.05) is 7.11 Å². The van der Waals surface area contributed by atoms with Crippen LogP contribution in [0.3, 0.4) is 0 Å². The lowest BCUT2D eigenvalue weighted by Crippen LogP contribution is -2.04. The van der Waals surface area contributed by atoms with Crippen LogP contribution in [0.25, 0.3) is 0 Å². The van der Waals surface area contributed by atoms with Gasteiger partial charge in [-0.25, -0.2) is 0 Å². The molecule has 1 N–H and O–H groups in total. The molecular weight excluding hydrogens is 164 g/mol. The fourth-order valence-electron chi connectivity index (χ4n) is 1.23. The second-order valence-corrected chi connectivity index (χ2v) is 3.35. The van der Waals surface area contributed by atoms with E-state index >= 15 is 0 Å². The van der Waals surface area contributed by atoms with E-state index in [0.29, 0.717) is 6.42 Å². The van der Waals surface area contributed by atoms with Gasteiger partial charge in [-0.15, -0.1) is 0 Å². The fourth-order valence-corrected chi connectivity index (χ4v) is 1.23. The van der Waals surface area contributed by atoms with Gasteiger partial charge in [0.25, 0.3) is 0 Å². The number of ether oxygens (including phenoxy) is 1. The Morgan fingerprint density at radius 2 is 2.08 bits per heavy atom. The summed E-state index contributed by atoms with van der Waals surface area (Å²) in [6, 6.07) is 0. The summed E-state index contributed by atoms with van der Waals surface area (Å²) in [5.41, 5.74) is 0. The predicted molar refractivity (Wildman–Crippen MR) is 55.5 cm³/mol. The van der Waals surface area contributed by atoms with E-state index in [1.165, 1.54) is 19.3 Å². The minimum Gasteiger partial charge on any atom is -0.505 e. The summed E-state index contributed by atoms with van der Waals surface area (Å²) in [7, 11) is 1.62. The SMILES string of the molecule is CCCCCCC(O)C/C=C/OC. The Balaban J connectivity index is 3.19. The Morgan fingerprint density at radius 1 is 1.31 bits per heavy atom. The highest BCUT2D eigenvalue weighted by Crippen LogP contribution is 2.08. The second kappa shape index (κ2) is 9.59. The molecule has 78 valence electrons. The number of unbranched alkanes of at least 4 members (excludes halogenated alkanes) is 3. The summed E-state index contributed by atoms with van der Waals surface area (Å²) in [5.74, 6) is 0. The lowest BCUT2D eigenvalue weighted by Gasteiger charge is -2.06. The van der Waals surface area contributed by atoms with E-state index in [1.54, 1.807) is 13.4 Å². The molecule has 0 aromatic rings. The molecule has 1 atom stereocenters. The summed E-state index contributed by atoms with van der Waals surface area (Å²) in [6.45, 7) is 2.19. The van der Waals surface area contributed by atoms with Crippen molar-refractivity contribution in [3.05, 3.63) is 12.3 Å². The topological polar surface area (TPSA) is 29.5 Å². The van der Waals surface area contributed by atoms with Crippen LogP contribution in [-0.4, -0.2) is 18.3 Å². The zero-order valence-corrected chi connectivity index (χ0v) is 8.83. The highest BCUT2D eigenvalue weighted by Gasteiger charge is 2.00. The van der Waals surface area contributed by atoms with Crippen LogP contribution in [0.5, 0.6) is 0 Å².